The Morgan fingerprint density at radius 3 is 2.30 bits per heavy atom. The Hall–Kier alpha value is -4.10. The molecule has 0 aliphatic carbocycles. The molecule has 0 radical (unpaired) electrons. The van der Waals surface area contributed by atoms with Gasteiger partial charge in [0.05, 0.1) is 39.9 Å². The van der Waals surface area contributed by atoms with E-state index in [4.69, 9.17) is 15.3 Å². The van der Waals surface area contributed by atoms with E-state index in [0.717, 1.165) is 14.5 Å². The van der Waals surface area contributed by atoms with Gasteiger partial charge in [-0.3, -0.25) is 4.79 Å². The normalized spacial score (nSPS) is 11.7. The van der Waals surface area contributed by atoms with E-state index >= 15 is 0 Å². The van der Waals surface area contributed by atoms with Gasteiger partial charge >= 0.3 is 5.97 Å². The average Bonchev–Trinajstić information content (AvgIpc) is 3.24. The fraction of sp³-hybridized carbons (Fsp3) is 0.240. The number of hydrogen-bond donors (Lipinski definition) is 0. The molecule has 12 heteroatoms. The Morgan fingerprint density at radius 1 is 1.11 bits per heavy atom. The van der Waals surface area contributed by atoms with Crippen molar-refractivity contribution < 1.29 is 22.7 Å². The number of amides is 1. The minimum atomic E-state index is -3.95. The number of thiazole rings is 1. The molecule has 1 heterocycles. The molecule has 0 N–H and O–H groups in total. The van der Waals surface area contributed by atoms with E-state index in [1.54, 1.807) is 28.8 Å². The van der Waals surface area contributed by atoms with E-state index in [2.05, 4.69) is 11.6 Å². The third kappa shape index (κ3) is 6.19. The summed E-state index contributed by atoms with van der Waals surface area (Å²) in [6.45, 7) is 4.05. The van der Waals surface area contributed by atoms with Crippen LogP contribution in [0, 0.1) is 22.7 Å². The van der Waals surface area contributed by atoms with Gasteiger partial charge in [0.2, 0.25) is 10.0 Å². The van der Waals surface area contributed by atoms with Gasteiger partial charge in [0.15, 0.2) is 4.80 Å². The number of benzene rings is 2. The lowest BCUT2D eigenvalue weighted by Gasteiger charge is -2.20. The van der Waals surface area contributed by atoms with Crippen LogP contribution < -0.4 is 4.80 Å². The molecule has 0 spiro atoms. The van der Waals surface area contributed by atoms with Crippen LogP contribution in [-0.4, -0.2) is 49.4 Å². The number of rotatable bonds is 10. The van der Waals surface area contributed by atoms with Gasteiger partial charge in [0.25, 0.3) is 5.91 Å². The summed E-state index contributed by atoms with van der Waals surface area (Å²) in [6, 6.07) is 14.2. The van der Waals surface area contributed by atoms with E-state index < -0.39 is 21.9 Å². The number of esters is 1. The second-order valence-electron chi connectivity index (χ2n) is 7.62. The second-order valence-corrected chi connectivity index (χ2v) is 10.6. The van der Waals surface area contributed by atoms with Gasteiger partial charge in [-0.25, -0.2) is 13.2 Å². The van der Waals surface area contributed by atoms with Gasteiger partial charge in [-0.15, -0.1) is 6.58 Å². The molecule has 0 bridgehead atoms. The molecule has 1 amide bonds. The highest BCUT2D eigenvalue weighted by Gasteiger charge is 2.24. The molecule has 1 aromatic heterocycles. The zero-order chi connectivity index (χ0) is 27.0. The average molecular weight is 538 g/mol. The minimum absolute atomic E-state index is 0.0128. The predicted octanol–water partition coefficient (Wildman–Crippen LogP) is 3.23. The first-order valence-corrected chi connectivity index (χ1v) is 13.3. The number of nitrogens with zero attached hydrogens (tertiary/aromatic N) is 5. The van der Waals surface area contributed by atoms with Gasteiger partial charge in [-0.05, 0) is 42.5 Å². The summed E-state index contributed by atoms with van der Waals surface area (Å²) in [5, 5.41) is 17.7. The number of nitriles is 2. The lowest BCUT2D eigenvalue weighted by atomic mass is 10.2. The fourth-order valence-electron chi connectivity index (χ4n) is 3.48. The summed E-state index contributed by atoms with van der Waals surface area (Å²) in [5.74, 6) is -1.05. The highest BCUT2D eigenvalue weighted by molar-refractivity contribution is 7.89. The first-order chi connectivity index (χ1) is 17.8. The van der Waals surface area contributed by atoms with Crippen molar-refractivity contribution in [3.8, 4) is 12.1 Å². The van der Waals surface area contributed by atoms with Crippen LogP contribution in [0.1, 0.15) is 33.6 Å². The number of sulfonamides is 1. The van der Waals surface area contributed by atoms with Gasteiger partial charge in [0, 0.05) is 38.0 Å². The zero-order valence-corrected chi connectivity index (χ0v) is 21.6. The maximum absolute atomic E-state index is 13.0. The molecule has 190 valence electrons. The number of carbonyl (C=O) groups excluding carboxylic acids is 2. The van der Waals surface area contributed by atoms with E-state index in [1.807, 2.05) is 12.1 Å². The summed E-state index contributed by atoms with van der Waals surface area (Å²) < 4.78 is 34.3. The fourth-order valence-corrected chi connectivity index (χ4v) is 6.00. The molecule has 0 saturated carbocycles. The number of allylic oxidation sites excluding steroid dienone is 1. The van der Waals surface area contributed by atoms with Crippen molar-refractivity contribution in [2.75, 3.05) is 20.2 Å². The Labute approximate surface area is 218 Å². The number of methoxy groups -OCH3 is 1. The van der Waals surface area contributed by atoms with Crippen LogP contribution in [0.2, 0.25) is 0 Å². The Kier molecular flexibility index (Phi) is 9.09. The van der Waals surface area contributed by atoms with Crippen molar-refractivity contribution in [3.05, 3.63) is 71.0 Å². The molecule has 2 aromatic carbocycles. The molecular formula is C25H23N5O5S2. The van der Waals surface area contributed by atoms with Gasteiger partial charge in [-0.2, -0.15) is 19.8 Å². The number of aromatic nitrogens is 1. The van der Waals surface area contributed by atoms with Crippen LogP contribution >= 0.6 is 11.3 Å². The molecule has 0 aliphatic rings. The van der Waals surface area contributed by atoms with Crippen molar-refractivity contribution in [1.82, 2.24) is 8.87 Å². The smallest absolute Gasteiger partial charge is 0.337 e. The lowest BCUT2D eigenvalue weighted by Crippen LogP contribution is -2.32. The monoisotopic (exact) mass is 537 g/mol. The summed E-state index contributed by atoms with van der Waals surface area (Å²) in [6.07, 6.45) is 1.64. The van der Waals surface area contributed by atoms with E-state index in [1.165, 1.54) is 42.7 Å². The van der Waals surface area contributed by atoms with Crippen molar-refractivity contribution in [3.63, 3.8) is 0 Å². The molecule has 37 heavy (non-hydrogen) atoms. The summed E-state index contributed by atoms with van der Waals surface area (Å²) in [5.41, 5.74) is 1.31. The molecule has 10 nitrogen and oxygen atoms in total. The highest BCUT2D eigenvalue weighted by atomic mass is 32.2. The molecule has 0 atom stereocenters. The molecule has 0 fully saturated rings. The Morgan fingerprint density at radius 2 is 1.73 bits per heavy atom. The van der Waals surface area contributed by atoms with Crippen molar-refractivity contribution >= 4 is 43.5 Å². The number of ether oxygens (including phenoxy) is 1. The maximum Gasteiger partial charge on any atom is 0.337 e. The second kappa shape index (κ2) is 12.2. The molecule has 3 aromatic rings. The molecule has 0 saturated heterocycles. The molecule has 0 unspecified atom stereocenters. The van der Waals surface area contributed by atoms with Crippen LogP contribution in [0.5, 0.6) is 0 Å². The van der Waals surface area contributed by atoms with Gasteiger partial charge in [-0.1, -0.05) is 17.4 Å². The molecular weight excluding hydrogens is 514 g/mol. The number of carbonyl (C=O) groups is 2. The standard InChI is InChI=1S/C25H23N5O5S2/c1-3-14-30-21-11-8-19(24(32)35-2)17-22(21)36-25(30)28-23(31)18-6-9-20(10-7-18)37(33,34)29(15-4-12-26)16-5-13-27/h3,6-11,17H,1,4-5,14-16H2,2H3. The number of hydrogen-bond acceptors (Lipinski definition) is 8. The number of fused-ring (bicyclic) bond motifs is 1. The largest absolute Gasteiger partial charge is 0.465 e. The first kappa shape index (κ1) is 27.5. The van der Waals surface area contributed by atoms with E-state index in [-0.39, 0.29) is 36.4 Å². The van der Waals surface area contributed by atoms with E-state index in [9.17, 15) is 18.0 Å². The minimum Gasteiger partial charge on any atom is -0.465 e. The lowest BCUT2D eigenvalue weighted by molar-refractivity contribution is 0.0600. The highest BCUT2D eigenvalue weighted by Crippen LogP contribution is 2.21. The Balaban J connectivity index is 1.95. The first-order valence-electron chi connectivity index (χ1n) is 11.0. The summed E-state index contributed by atoms with van der Waals surface area (Å²) >= 11 is 1.22. The van der Waals surface area contributed by atoms with Gasteiger partial charge in [0.1, 0.15) is 0 Å². The van der Waals surface area contributed by atoms with Crippen LogP contribution in [0.4, 0.5) is 0 Å². The van der Waals surface area contributed by atoms with Gasteiger partial charge < -0.3 is 9.30 Å². The quantitative estimate of drug-likeness (QED) is 0.285. The molecule has 0 aliphatic heterocycles. The third-order valence-corrected chi connectivity index (χ3v) is 8.25. The summed E-state index contributed by atoms with van der Waals surface area (Å²) in [4.78, 5) is 29.4. The van der Waals surface area contributed by atoms with Crippen LogP contribution in [0.25, 0.3) is 10.2 Å². The van der Waals surface area contributed by atoms with Crippen LogP contribution in [-0.2, 0) is 21.3 Å². The molecule has 3 rings (SSSR count). The SMILES string of the molecule is C=CCn1c(=NC(=O)c2ccc(S(=O)(=O)N(CCC#N)CCC#N)cc2)sc2cc(C(=O)OC)ccc21. The predicted molar refractivity (Wildman–Crippen MR) is 137 cm³/mol. The van der Waals surface area contributed by atoms with Crippen molar-refractivity contribution in [1.29, 1.82) is 10.5 Å². The van der Waals surface area contributed by atoms with Crippen molar-refractivity contribution in [2.45, 2.75) is 24.3 Å². The van der Waals surface area contributed by atoms with E-state index in [0.29, 0.717) is 16.9 Å². The summed E-state index contributed by atoms with van der Waals surface area (Å²) in [7, 11) is -2.66. The topological polar surface area (TPSA) is 146 Å². The van der Waals surface area contributed by atoms with Crippen molar-refractivity contribution in [2.24, 2.45) is 4.99 Å². The maximum atomic E-state index is 13.0. The van der Waals surface area contributed by atoms with Crippen LogP contribution in [0.3, 0.4) is 0 Å². The zero-order valence-electron chi connectivity index (χ0n) is 20.0. The van der Waals surface area contributed by atoms with Crippen LogP contribution in [0.15, 0.2) is 65.0 Å². The Bertz CT molecular complexity index is 1570. The third-order valence-electron chi connectivity index (χ3n) is 5.30.